The fourth-order valence-corrected chi connectivity index (χ4v) is 6.58. The average molecular weight is 505 g/mol. The Balaban J connectivity index is 1.84. The molecule has 0 saturated carbocycles. The van der Waals surface area contributed by atoms with Crippen LogP contribution >= 0.6 is 0 Å². The van der Waals surface area contributed by atoms with Gasteiger partial charge in [-0.1, -0.05) is 85.2 Å². The Kier molecular flexibility index (Phi) is 9.56. The molecule has 0 radical (unpaired) electrons. The minimum Gasteiger partial charge on any atom is -0.490 e. The van der Waals surface area contributed by atoms with Gasteiger partial charge < -0.3 is 4.74 Å². The van der Waals surface area contributed by atoms with Gasteiger partial charge in [-0.15, -0.1) is 0 Å². The Morgan fingerprint density at radius 3 is 2.31 bits per heavy atom. The van der Waals surface area contributed by atoms with Gasteiger partial charge in [-0.3, -0.25) is 0 Å². The Morgan fingerprint density at radius 1 is 1.03 bits per heavy atom. The minimum atomic E-state index is -3.55. The summed E-state index contributed by atoms with van der Waals surface area (Å²) >= 11 is 0. The van der Waals surface area contributed by atoms with Crippen LogP contribution in [0.25, 0.3) is 0 Å². The molecule has 2 aromatic rings. The summed E-state index contributed by atoms with van der Waals surface area (Å²) in [5.41, 5.74) is 4.89. The lowest BCUT2D eigenvalue weighted by Crippen LogP contribution is -2.20. The molecule has 1 aliphatic rings. The zero-order valence-corrected chi connectivity index (χ0v) is 23.1. The second-order valence-corrected chi connectivity index (χ2v) is 12.6. The van der Waals surface area contributed by atoms with Crippen molar-refractivity contribution in [1.29, 1.82) is 0 Å². The second kappa shape index (κ2) is 12.4. The number of hydrogen-bond acceptors (Lipinski definition) is 3. The van der Waals surface area contributed by atoms with Gasteiger partial charge in [-0.25, -0.2) is 8.42 Å². The summed E-state index contributed by atoms with van der Waals surface area (Å²) in [6, 6.07) is 18.4. The molecule has 0 heterocycles. The summed E-state index contributed by atoms with van der Waals surface area (Å²) in [6.07, 6.45) is 12.1. The van der Waals surface area contributed by atoms with Gasteiger partial charge in [0.05, 0.1) is 10.1 Å². The van der Waals surface area contributed by atoms with E-state index < -0.39 is 15.1 Å². The molecule has 1 atom stereocenters. The summed E-state index contributed by atoms with van der Waals surface area (Å²) in [5, 5.41) is -0.660. The summed E-state index contributed by atoms with van der Waals surface area (Å²) in [6.45, 7) is 11.2. The van der Waals surface area contributed by atoms with E-state index in [9.17, 15) is 8.42 Å². The van der Waals surface area contributed by atoms with Crippen LogP contribution in [0.3, 0.4) is 0 Å². The van der Waals surface area contributed by atoms with Gasteiger partial charge in [0, 0.05) is 0 Å². The first-order valence-electron chi connectivity index (χ1n) is 12.8. The zero-order valence-electron chi connectivity index (χ0n) is 22.3. The normalized spacial score (nSPS) is 17.9. The number of para-hydroxylation sites is 1. The lowest BCUT2D eigenvalue weighted by molar-refractivity contribution is 0.361. The largest absolute Gasteiger partial charge is 0.490 e. The molecule has 2 aromatic carbocycles. The maximum Gasteiger partial charge on any atom is 0.185 e. The van der Waals surface area contributed by atoms with Crippen molar-refractivity contribution in [3.8, 4) is 5.75 Å². The first-order chi connectivity index (χ1) is 17.1. The number of ether oxygens (including phenoxy) is 1. The third-order valence-corrected chi connectivity index (χ3v) is 8.95. The van der Waals surface area contributed by atoms with E-state index in [1.807, 2.05) is 62.4 Å². The molecule has 0 N–H and O–H groups in total. The molecule has 0 saturated heterocycles. The summed E-state index contributed by atoms with van der Waals surface area (Å²) in [7, 11) is -3.55. The van der Waals surface area contributed by atoms with Crippen molar-refractivity contribution in [2.75, 3.05) is 6.61 Å². The van der Waals surface area contributed by atoms with Gasteiger partial charge in [0.2, 0.25) is 0 Å². The quantitative estimate of drug-likeness (QED) is 0.241. The topological polar surface area (TPSA) is 43.4 Å². The molecule has 0 fully saturated rings. The molecule has 36 heavy (non-hydrogen) atoms. The van der Waals surface area contributed by atoms with E-state index >= 15 is 0 Å². The van der Waals surface area contributed by atoms with E-state index in [0.717, 1.165) is 23.3 Å². The van der Waals surface area contributed by atoms with Gasteiger partial charge in [-0.2, -0.15) is 0 Å². The fraction of sp³-hybridized carbons (Fsp3) is 0.375. The predicted molar refractivity (Wildman–Crippen MR) is 151 cm³/mol. The van der Waals surface area contributed by atoms with Gasteiger partial charge in [0.1, 0.15) is 12.4 Å². The monoisotopic (exact) mass is 504 g/mol. The molecule has 0 aromatic heterocycles. The highest BCUT2D eigenvalue weighted by molar-refractivity contribution is 7.92. The number of benzene rings is 2. The van der Waals surface area contributed by atoms with Crippen molar-refractivity contribution in [2.24, 2.45) is 5.41 Å². The molecule has 1 unspecified atom stereocenters. The van der Waals surface area contributed by atoms with E-state index in [1.165, 1.54) is 24.0 Å². The van der Waals surface area contributed by atoms with Crippen LogP contribution in [0.1, 0.15) is 60.3 Å². The standard InChI is InChI=1S/C32H40O3S/c1-25(18-19-31-27(3)13-12-21-32(31,4)5)23-30(36(33,34)29-16-10-7-11-17-29)24-26(2)20-22-35-28-14-8-6-9-15-28/h6-11,14-20,23,30H,12-13,21-22,24H2,1-5H3/b19-18+,25-23+,26-20+. The van der Waals surface area contributed by atoms with Crippen molar-refractivity contribution >= 4 is 9.84 Å². The SMILES string of the molecule is CC1=C(/C=C/C(C)=C/C(C/C(C)=C/COc2ccccc2)S(=O)(=O)c2ccccc2)C(C)(C)CCC1. The van der Waals surface area contributed by atoms with Crippen LogP contribution in [0, 0.1) is 5.41 Å². The zero-order chi connectivity index (χ0) is 26.2. The maximum absolute atomic E-state index is 13.6. The van der Waals surface area contributed by atoms with E-state index in [2.05, 4.69) is 32.9 Å². The summed E-state index contributed by atoms with van der Waals surface area (Å²) in [4.78, 5) is 0.350. The smallest absolute Gasteiger partial charge is 0.185 e. The van der Waals surface area contributed by atoms with Gasteiger partial charge >= 0.3 is 0 Å². The third kappa shape index (κ3) is 7.57. The highest BCUT2D eigenvalue weighted by Crippen LogP contribution is 2.40. The Labute approximate surface area is 218 Å². The second-order valence-electron chi connectivity index (χ2n) is 10.5. The fourth-order valence-electron chi connectivity index (χ4n) is 4.81. The maximum atomic E-state index is 13.6. The summed E-state index contributed by atoms with van der Waals surface area (Å²) < 4.78 is 33.0. The van der Waals surface area contributed by atoms with Crippen LogP contribution in [0.5, 0.6) is 5.75 Å². The first-order valence-corrected chi connectivity index (χ1v) is 14.3. The molecule has 4 heteroatoms. The van der Waals surface area contributed by atoms with Crippen molar-refractivity contribution in [3.63, 3.8) is 0 Å². The molecule has 0 aliphatic heterocycles. The van der Waals surface area contributed by atoms with E-state index in [0.29, 0.717) is 17.9 Å². The van der Waals surface area contributed by atoms with Crippen LogP contribution in [0.4, 0.5) is 0 Å². The number of sulfone groups is 1. The lowest BCUT2D eigenvalue weighted by Gasteiger charge is -2.33. The van der Waals surface area contributed by atoms with Crippen LogP contribution in [0.15, 0.2) is 112 Å². The summed E-state index contributed by atoms with van der Waals surface area (Å²) in [5.74, 6) is 0.797. The van der Waals surface area contributed by atoms with Crippen molar-refractivity contribution < 1.29 is 13.2 Å². The molecule has 192 valence electrons. The number of hydrogen-bond donors (Lipinski definition) is 0. The molecule has 3 nitrogen and oxygen atoms in total. The number of allylic oxidation sites excluding steroid dienone is 6. The van der Waals surface area contributed by atoms with Crippen LogP contribution < -0.4 is 4.74 Å². The molecular formula is C32H40O3S. The predicted octanol–water partition coefficient (Wildman–Crippen LogP) is 8.27. The van der Waals surface area contributed by atoms with Crippen LogP contribution in [-0.4, -0.2) is 20.3 Å². The van der Waals surface area contributed by atoms with E-state index in [4.69, 9.17) is 4.74 Å². The van der Waals surface area contributed by atoms with Gasteiger partial charge in [0.15, 0.2) is 9.84 Å². The Morgan fingerprint density at radius 2 is 1.67 bits per heavy atom. The Hall–Kier alpha value is -2.85. The average Bonchev–Trinajstić information content (AvgIpc) is 2.84. The third-order valence-electron chi connectivity index (χ3n) is 6.92. The molecular weight excluding hydrogens is 464 g/mol. The van der Waals surface area contributed by atoms with Crippen molar-refractivity contribution in [2.45, 2.75) is 70.4 Å². The molecule has 3 rings (SSSR count). The van der Waals surface area contributed by atoms with Crippen molar-refractivity contribution in [3.05, 3.63) is 107 Å². The first kappa shape index (κ1) is 27.7. The van der Waals surface area contributed by atoms with E-state index in [-0.39, 0.29) is 5.41 Å². The van der Waals surface area contributed by atoms with E-state index in [1.54, 1.807) is 24.3 Å². The highest BCUT2D eigenvalue weighted by atomic mass is 32.2. The molecule has 0 bridgehead atoms. The number of rotatable bonds is 10. The Bertz CT molecular complexity index is 1230. The van der Waals surface area contributed by atoms with Crippen LogP contribution in [-0.2, 0) is 9.84 Å². The van der Waals surface area contributed by atoms with Gasteiger partial charge in [0.25, 0.3) is 0 Å². The minimum absolute atomic E-state index is 0.146. The van der Waals surface area contributed by atoms with Crippen molar-refractivity contribution in [1.82, 2.24) is 0 Å². The lowest BCUT2D eigenvalue weighted by atomic mass is 9.72. The highest BCUT2D eigenvalue weighted by Gasteiger charge is 2.27. The molecule has 0 spiro atoms. The molecule has 0 amide bonds. The van der Waals surface area contributed by atoms with Gasteiger partial charge in [-0.05, 0) is 87.8 Å². The van der Waals surface area contributed by atoms with Crippen LogP contribution in [0.2, 0.25) is 0 Å². The molecule has 1 aliphatic carbocycles.